The molecule has 0 aliphatic heterocycles. The van der Waals surface area contributed by atoms with Gasteiger partial charge in [-0.2, -0.15) is 0 Å². The molecule has 0 spiro atoms. The van der Waals surface area contributed by atoms with Gasteiger partial charge in [-0.05, 0) is 32.6 Å². The first kappa shape index (κ1) is 22.9. The Kier molecular flexibility index (Phi) is 11.2. The Bertz CT molecular complexity index is 464. The number of ether oxygens (including phenoxy) is 2. The summed E-state index contributed by atoms with van der Waals surface area (Å²) in [4.78, 5) is 46.4. The monoisotopic (exact) mass is 358 g/mol. The van der Waals surface area contributed by atoms with Crippen LogP contribution >= 0.6 is 0 Å². The van der Waals surface area contributed by atoms with E-state index < -0.39 is 24.0 Å². The van der Waals surface area contributed by atoms with Crippen molar-refractivity contribution in [1.82, 2.24) is 10.6 Å². The number of hydrogen-bond donors (Lipinski definition) is 2. The molecule has 0 aromatic heterocycles. The van der Waals surface area contributed by atoms with Crippen LogP contribution in [0.5, 0.6) is 0 Å². The average molecular weight is 358 g/mol. The molecule has 2 N–H and O–H groups in total. The van der Waals surface area contributed by atoms with Gasteiger partial charge < -0.3 is 20.1 Å². The van der Waals surface area contributed by atoms with E-state index in [0.717, 1.165) is 0 Å². The SMILES string of the molecule is COC(=O)CCCCC(=O)N[C@@H](C)C(=O)N[C@@H](C)C(=O)OCC(C)C. The highest BCUT2D eigenvalue weighted by atomic mass is 16.5. The van der Waals surface area contributed by atoms with Crippen molar-refractivity contribution in [2.75, 3.05) is 13.7 Å². The number of amides is 2. The molecule has 0 bridgehead atoms. The Morgan fingerprint density at radius 2 is 1.48 bits per heavy atom. The van der Waals surface area contributed by atoms with E-state index in [9.17, 15) is 19.2 Å². The van der Waals surface area contributed by atoms with Gasteiger partial charge >= 0.3 is 11.9 Å². The first-order chi connectivity index (χ1) is 11.7. The topological polar surface area (TPSA) is 111 Å². The first-order valence-electron chi connectivity index (χ1n) is 8.50. The minimum Gasteiger partial charge on any atom is -0.469 e. The molecule has 0 unspecified atom stereocenters. The van der Waals surface area contributed by atoms with Crippen LogP contribution < -0.4 is 10.6 Å². The number of esters is 2. The highest BCUT2D eigenvalue weighted by molar-refractivity contribution is 5.90. The fourth-order valence-electron chi connectivity index (χ4n) is 1.81. The Morgan fingerprint density at radius 3 is 2.04 bits per heavy atom. The van der Waals surface area contributed by atoms with Gasteiger partial charge in [0.15, 0.2) is 0 Å². The molecule has 2 amide bonds. The van der Waals surface area contributed by atoms with E-state index >= 15 is 0 Å². The molecule has 0 fully saturated rings. The number of nitrogens with one attached hydrogen (secondary N) is 2. The molecule has 0 aliphatic carbocycles. The standard InChI is InChI=1S/C17H30N2O6/c1-11(2)10-25-17(23)13(4)19-16(22)12(3)18-14(20)8-6-7-9-15(21)24-5/h11-13H,6-10H2,1-5H3,(H,18,20)(H,19,22)/t12-,13-/m0/s1. The number of carbonyl (C=O) groups excluding carboxylic acids is 4. The Balaban J connectivity index is 4.09. The summed E-state index contributed by atoms with van der Waals surface area (Å²) in [6, 6.07) is -1.56. The van der Waals surface area contributed by atoms with Crippen molar-refractivity contribution < 1.29 is 28.7 Å². The van der Waals surface area contributed by atoms with Crippen LogP contribution in [0, 0.1) is 5.92 Å². The third kappa shape index (κ3) is 11.1. The van der Waals surface area contributed by atoms with Crippen molar-refractivity contribution in [3.05, 3.63) is 0 Å². The zero-order chi connectivity index (χ0) is 19.4. The van der Waals surface area contributed by atoms with Gasteiger partial charge in [-0.3, -0.25) is 14.4 Å². The zero-order valence-electron chi connectivity index (χ0n) is 15.7. The normalized spacial score (nSPS) is 12.9. The fourth-order valence-corrected chi connectivity index (χ4v) is 1.81. The second kappa shape index (κ2) is 12.3. The van der Waals surface area contributed by atoms with E-state index in [1.54, 1.807) is 0 Å². The lowest BCUT2D eigenvalue weighted by Crippen LogP contribution is -2.49. The molecule has 0 saturated heterocycles. The van der Waals surface area contributed by atoms with Gasteiger partial charge in [0, 0.05) is 12.8 Å². The summed E-state index contributed by atoms with van der Waals surface area (Å²) in [7, 11) is 1.31. The second-order valence-corrected chi connectivity index (χ2v) is 6.33. The molecular weight excluding hydrogens is 328 g/mol. The van der Waals surface area contributed by atoms with Gasteiger partial charge in [-0.25, -0.2) is 4.79 Å². The van der Waals surface area contributed by atoms with Crippen LogP contribution in [0.3, 0.4) is 0 Å². The molecule has 0 aliphatic rings. The highest BCUT2D eigenvalue weighted by Gasteiger charge is 2.22. The molecule has 0 aromatic rings. The van der Waals surface area contributed by atoms with E-state index in [0.29, 0.717) is 12.8 Å². The van der Waals surface area contributed by atoms with Crippen LogP contribution in [-0.2, 0) is 28.7 Å². The summed E-state index contributed by atoms with van der Waals surface area (Å²) in [6.07, 6.45) is 1.53. The number of rotatable bonds is 11. The van der Waals surface area contributed by atoms with Gasteiger partial charge in [0.05, 0.1) is 13.7 Å². The maximum atomic E-state index is 12.0. The fraction of sp³-hybridized carbons (Fsp3) is 0.765. The smallest absolute Gasteiger partial charge is 0.328 e. The Labute approximate surface area is 149 Å². The average Bonchev–Trinajstić information content (AvgIpc) is 2.55. The van der Waals surface area contributed by atoms with Crippen molar-refractivity contribution in [3.8, 4) is 0 Å². The highest BCUT2D eigenvalue weighted by Crippen LogP contribution is 2.02. The van der Waals surface area contributed by atoms with Crippen LogP contribution in [0.15, 0.2) is 0 Å². The number of carbonyl (C=O) groups is 4. The maximum Gasteiger partial charge on any atom is 0.328 e. The molecule has 0 saturated carbocycles. The lowest BCUT2D eigenvalue weighted by molar-refractivity contribution is -0.148. The quantitative estimate of drug-likeness (QED) is 0.420. The molecule has 2 atom stereocenters. The van der Waals surface area contributed by atoms with Crippen molar-refractivity contribution in [2.45, 2.75) is 65.5 Å². The van der Waals surface area contributed by atoms with Crippen LogP contribution in [0.4, 0.5) is 0 Å². The summed E-state index contributed by atoms with van der Waals surface area (Å²) < 4.78 is 9.55. The van der Waals surface area contributed by atoms with Crippen LogP contribution in [-0.4, -0.2) is 49.6 Å². The van der Waals surface area contributed by atoms with Crippen LogP contribution in [0.2, 0.25) is 0 Å². The van der Waals surface area contributed by atoms with Crippen LogP contribution in [0.1, 0.15) is 53.4 Å². The van der Waals surface area contributed by atoms with E-state index in [4.69, 9.17) is 4.74 Å². The van der Waals surface area contributed by atoms with E-state index in [2.05, 4.69) is 15.4 Å². The summed E-state index contributed by atoms with van der Waals surface area (Å²) in [5.74, 6) is -1.36. The lowest BCUT2D eigenvalue weighted by atomic mass is 10.2. The molecule has 0 radical (unpaired) electrons. The minimum atomic E-state index is -0.786. The molecular formula is C17H30N2O6. The molecule has 0 heterocycles. The predicted octanol–water partition coefficient (Wildman–Crippen LogP) is 0.928. The molecule has 25 heavy (non-hydrogen) atoms. The van der Waals surface area contributed by atoms with Gasteiger partial charge in [0.2, 0.25) is 11.8 Å². The molecule has 8 heteroatoms. The third-order valence-electron chi connectivity index (χ3n) is 3.30. The summed E-state index contributed by atoms with van der Waals surface area (Å²) in [5, 5.41) is 5.07. The van der Waals surface area contributed by atoms with Gasteiger partial charge in [0.25, 0.3) is 0 Å². The Morgan fingerprint density at radius 1 is 0.880 bits per heavy atom. The predicted molar refractivity (Wildman–Crippen MR) is 91.5 cm³/mol. The van der Waals surface area contributed by atoms with Crippen molar-refractivity contribution in [3.63, 3.8) is 0 Å². The maximum absolute atomic E-state index is 12.0. The van der Waals surface area contributed by atoms with Gasteiger partial charge in [-0.15, -0.1) is 0 Å². The van der Waals surface area contributed by atoms with Crippen molar-refractivity contribution in [1.29, 1.82) is 0 Å². The molecule has 0 aromatic carbocycles. The van der Waals surface area contributed by atoms with E-state index in [-0.39, 0.29) is 37.2 Å². The summed E-state index contributed by atoms with van der Waals surface area (Å²) in [6.45, 7) is 7.19. The minimum absolute atomic E-state index is 0.209. The van der Waals surface area contributed by atoms with E-state index in [1.165, 1.54) is 21.0 Å². The van der Waals surface area contributed by atoms with Gasteiger partial charge in [0.1, 0.15) is 12.1 Å². The Hall–Kier alpha value is -2.12. The first-order valence-corrected chi connectivity index (χ1v) is 8.50. The second-order valence-electron chi connectivity index (χ2n) is 6.33. The molecule has 0 rings (SSSR count). The van der Waals surface area contributed by atoms with Crippen LogP contribution in [0.25, 0.3) is 0 Å². The summed E-state index contributed by atoms with van der Waals surface area (Å²) in [5.41, 5.74) is 0. The third-order valence-corrected chi connectivity index (χ3v) is 3.30. The molecule has 144 valence electrons. The van der Waals surface area contributed by atoms with Crippen molar-refractivity contribution >= 4 is 23.8 Å². The number of hydrogen-bond acceptors (Lipinski definition) is 6. The zero-order valence-corrected chi connectivity index (χ0v) is 15.7. The number of methoxy groups -OCH3 is 1. The number of unbranched alkanes of at least 4 members (excludes halogenated alkanes) is 1. The summed E-state index contributed by atoms with van der Waals surface area (Å²) >= 11 is 0. The van der Waals surface area contributed by atoms with Crippen molar-refractivity contribution in [2.24, 2.45) is 5.92 Å². The lowest BCUT2D eigenvalue weighted by Gasteiger charge is -2.18. The molecule has 8 nitrogen and oxygen atoms in total. The van der Waals surface area contributed by atoms with Gasteiger partial charge in [-0.1, -0.05) is 13.8 Å². The largest absolute Gasteiger partial charge is 0.469 e. The van der Waals surface area contributed by atoms with E-state index in [1.807, 2.05) is 13.8 Å².